The summed E-state index contributed by atoms with van der Waals surface area (Å²) in [7, 11) is 1.47. The molecule has 2 aliphatic heterocycles. The van der Waals surface area contributed by atoms with E-state index in [-0.39, 0.29) is 46.9 Å². The summed E-state index contributed by atoms with van der Waals surface area (Å²) >= 11 is 0. The van der Waals surface area contributed by atoms with Crippen molar-refractivity contribution >= 4 is 23.4 Å². The summed E-state index contributed by atoms with van der Waals surface area (Å²) in [4.78, 5) is 44.7. The highest BCUT2D eigenvalue weighted by Gasteiger charge is 2.46. The number of likely N-dealkylation sites (N-methyl/N-ethyl adjacent to an activating group) is 1. The van der Waals surface area contributed by atoms with Crippen molar-refractivity contribution in [2.75, 3.05) is 25.0 Å². The molecule has 0 saturated carbocycles. The zero-order chi connectivity index (χ0) is 27.2. The standard InChI is InChI=1S/C28H25F3N4O3/c1-33-25(20-9-8-17(16-32)14-21(20)26(37)34-12-3-2-4-13-34)24-22(10-11-23(24)36)35(27(33)38)19-7-5-6-18(15-19)28(29,30)31/h5-9,14-15,25H,2-4,10-13H2,1H3. The number of carbonyl (C=O) groups is 3. The smallest absolute Gasteiger partial charge is 0.339 e. The number of urea groups is 1. The van der Waals surface area contributed by atoms with Gasteiger partial charge in [0.25, 0.3) is 5.91 Å². The number of Topliss-reactive ketones (excluding diaryl/α,β-unsaturated/α-hetero) is 1. The fraction of sp³-hybridized carbons (Fsp3) is 0.357. The van der Waals surface area contributed by atoms with Crippen LogP contribution in [0.4, 0.5) is 23.7 Å². The SMILES string of the molecule is CN1C(=O)N(c2cccc(C(F)(F)F)c2)C2=C(C(=O)CC2)C1c1ccc(C#N)cc1C(=O)N1CCCCC1. The van der Waals surface area contributed by atoms with Crippen molar-refractivity contribution < 1.29 is 27.6 Å². The minimum absolute atomic E-state index is 0.0155. The van der Waals surface area contributed by atoms with Gasteiger partial charge in [-0.1, -0.05) is 12.1 Å². The highest BCUT2D eigenvalue weighted by Crippen LogP contribution is 2.46. The second kappa shape index (κ2) is 9.63. The lowest BCUT2D eigenvalue weighted by Crippen LogP contribution is -2.48. The molecule has 1 unspecified atom stereocenters. The largest absolute Gasteiger partial charge is 0.416 e. The highest BCUT2D eigenvalue weighted by atomic mass is 19.4. The molecule has 7 nitrogen and oxygen atoms in total. The van der Waals surface area contributed by atoms with Gasteiger partial charge < -0.3 is 9.80 Å². The minimum Gasteiger partial charge on any atom is -0.339 e. The molecule has 2 aromatic rings. The van der Waals surface area contributed by atoms with E-state index in [1.165, 1.54) is 35.0 Å². The van der Waals surface area contributed by atoms with Gasteiger partial charge in [-0.25, -0.2) is 4.79 Å². The third-order valence-corrected chi connectivity index (χ3v) is 7.41. The molecule has 0 N–H and O–H groups in total. The number of likely N-dealkylation sites (tertiary alicyclic amines) is 1. The van der Waals surface area contributed by atoms with Crippen molar-refractivity contribution in [2.45, 2.75) is 44.3 Å². The normalized spacial score (nSPS) is 20.1. The third-order valence-electron chi connectivity index (χ3n) is 7.41. The molecular weight excluding hydrogens is 497 g/mol. The number of piperidine rings is 1. The number of carbonyl (C=O) groups excluding carboxylic acids is 3. The van der Waals surface area contributed by atoms with Gasteiger partial charge in [0.15, 0.2) is 5.78 Å². The first-order valence-corrected chi connectivity index (χ1v) is 12.5. The van der Waals surface area contributed by atoms with Crippen molar-refractivity contribution in [1.29, 1.82) is 5.26 Å². The maximum atomic E-state index is 13.7. The predicted molar refractivity (Wildman–Crippen MR) is 132 cm³/mol. The molecule has 3 amide bonds. The Hall–Kier alpha value is -4.13. The lowest BCUT2D eigenvalue weighted by molar-refractivity contribution is -0.137. The van der Waals surface area contributed by atoms with Crippen LogP contribution in [0.15, 0.2) is 53.7 Å². The maximum absolute atomic E-state index is 13.7. The van der Waals surface area contributed by atoms with E-state index in [1.54, 1.807) is 17.0 Å². The van der Waals surface area contributed by atoms with E-state index < -0.39 is 23.8 Å². The summed E-state index contributed by atoms with van der Waals surface area (Å²) in [5, 5.41) is 9.49. The van der Waals surface area contributed by atoms with E-state index in [0.717, 1.165) is 31.4 Å². The lowest BCUT2D eigenvalue weighted by atomic mass is 9.88. The Morgan fingerprint density at radius 3 is 2.45 bits per heavy atom. The molecule has 3 aliphatic rings. The number of rotatable bonds is 3. The van der Waals surface area contributed by atoms with Crippen LogP contribution in [0.5, 0.6) is 0 Å². The molecule has 0 aromatic heterocycles. The minimum atomic E-state index is -4.60. The van der Waals surface area contributed by atoms with Gasteiger partial charge in [0, 0.05) is 43.4 Å². The molecule has 38 heavy (non-hydrogen) atoms. The predicted octanol–water partition coefficient (Wildman–Crippen LogP) is 5.43. The average molecular weight is 523 g/mol. The van der Waals surface area contributed by atoms with E-state index in [0.29, 0.717) is 24.4 Å². The van der Waals surface area contributed by atoms with Crippen molar-refractivity contribution in [1.82, 2.24) is 9.80 Å². The summed E-state index contributed by atoms with van der Waals surface area (Å²) in [5.74, 6) is -0.507. The monoisotopic (exact) mass is 522 g/mol. The fourth-order valence-corrected chi connectivity index (χ4v) is 5.55. The molecule has 10 heteroatoms. The number of ketones is 1. The topological polar surface area (TPSA) is 84.7 Å². The first-order valence-electron chi connectivity index (χ1n) is 12.5. The number of nitrogens with zero attached hydrogens (tertiary/aromatic N) is 4. The number of hydrogen-bond donors (Lipinski definition) is 0. The van der Waals surface area contributed by atoms with Gasteiger partial charge in [-0.3, -0.25) is 14.5 Å². The number of amides is 3. The van der Waals surface area contributed by atoms with E-state index in [2.05, 4.69) is 0 Å². The number of alkyl halides is 3. The van der Waals surface area contributed by atoms with E-state index in [4.69, 9.17) is 0 Å². The second-order valence-corrected chi connectivity index (χ2v) is 9.73. The number of nitriles is 1. The molecule has 196 valence electrons. The second-order valence-electron chi connectivity index (χ2n) is 9.73. The molecule has 0 radical (unpaired) electrons. The van der Waals surface area contributed by atoms with Crippen LogP contribution in [0.25, 0.3) is 0 Å². The number of allylic oxidation sites excluding steroid dienone is 1. The Morgan fingerprint density at radius 2 is 1.76 bits per heavy atom. The zero-order valence-corrected chi connectivity index (χ0v) is 20.7. The first-order chi connectivity index (χ1) is 18.1. The number of halogens is 3. The van der Waals surface area contributed by atoms with E-state index in [9.17, 15) is 32.8 Å². The number of benzene rings is 2. The van der Waals surface area contributed by atoms with Crippen LogP contribution >= 0.6 is 0 Å². The maximum Gasteiger partial charge on any atom is 0.416 e. The van der Waals surface area contributed by atoms with Gasteiger partial charge in [-0.15, -0.1) is 0 Å². The van der Waals surface area contributed by atoms with Gasteiger partial charge in [0.2, 0.25) is 0 Å². The molecule has 2 heterocycles. The highest BCUT2D eigenvalue weighted by molar-refractivity contribution is 6.09. The molecule has 1 aliphatic carbocycles. The van der Waals surface area contributed by atoms with E-state index in [1.807, 2.05) is 6.07 Å². The Balaban J connectivity index is 1.65. The molecule has 1 saturated heterocycles. The van der Waals surface area contributed by atoms with Crippen LogP contribution in [0.2, 0.25) is 0 Å². The third kappa shape index (κ3) is 4.32. The molecular formula is C28H25F3N4O3. The lowest BCUT2D eigenvalue weighted by Gasteiger charge is -2.41. The van der Waals surface area contributed by atoms with Crippen LogP contribution in [0.3, 0.4) is 0 Å². The molecule has 1 fully saturated rings. The molecule has 0 spiro atoms. The van der Waals surface area contributed by atoms with Gasteiger partial charge in [0.05, 0.1) is 28.9 Å². The van der Waals surface area contributed by atoms with Crippen LogP contribution in [0, 0.1) is 11.3 Å². The van der Waals surface area contributed by atoms with Crippen LogP contribution in [-0.4, -0.2) is 47.7 Å². The molecule has 2 aromatic carbocycles. The van der Waals surface area contributed by atoms with E-state index >= 15 is 0 Å². The Kier molecular flexibility index (Phi) is 6.47. The summed E-state index contributed by atoms with van der Waals surface area (Å²) in [6.07, 6.45) is -1.57. The fourth-order valence-electron chi connectivity index (χ4n) is 5.55. The molecule has 0 bridgehead atoms. The Labute approximate surface area is 217 Å². The quantitative estimate of drug-likeness (QED) is 0.538. The van der Waals surface area contributed by atoms with Crippen LogP contribution < -0.4 is 4.90 Å². The Bertz CT molecular complexity index is 1400. The molecule has 1 atom stereocenters. The van der Waals surface area contributed by atoms with Gasteiger partial charge in [0.1, 0.15) is 0 Å². The molecule has 5 rings (SSSR count). The van der Waals surface area contributed by atoms with Crippen LogP contribution in [0.1, 0.15) is 65.2 Å². The summed E-state index contributed by atoms with van der Waals surface area (Å²) in [6, 6.07) is 9.61. The van der Waals surface area contributed by atoms with Gasteiger partial charge in [-0.05, 0) is 61.6 Å². The van der Waals surface area contributed by atoms with Crippen molar-refractivity contribution in [3.05, 3.63) is 76.0 Å². The van der Waals surface area contributed by atoms with Crippen molar-refractivity contribution in [3.63, 3.8) is 0 Å². The average Bonchev–Trinajstić information content (AvgIpc) is 3.29. The summed E-state index contributed by atoms with van der Waals surface area (Å²) < 4.78 is 40.3. The Morgan fingerprint density at radius 1 is 1.03 bits per heavy atom. The van der Waals surface area contributed by atoms with Crippen molar-refractivity contribution in [2.24, 2.45) is 0 Å². The first kappa shape index (κ1) is 25.5. The number of anilines is 1. The van der Waals surface area contributed by atoms with Crippen molar-refractivity contribution in [3.8, 4) is 6.07 Å². The van der Waals surface area contributed by atoms with Crippen LogP contribution in [-0.2, 0) is 11.0 Å². The van der Waals surface area contributed by atoms with Gasteiger partial charge >= 0.3 is 12.2 Å². The summed E-state index contributed by atoms with van der Waals surface area (Å²) in [5.41, 5.74) is 0.667. The zero-order valence-electron chi connectivity index (χ0n) is 20.7. The summed E-state index contributed by atoms with van der Waals surface area (Å²) in [6.45, 7) is 1.15. The number of hydrogen-bond acceptors (Lipinski definition) is 4. The van der Waals surface area contributed by atoms with Gasteiger partial charge in [-0.2, -0.15) is 18.4 Å².